The van der Waals surface area contributed by atoms with E-state index in [1.807, 2.05) is 32.0 Å². The van der Waals surface area contributed by atoms with Crippen molar-refractivity contribution in [3.8, 4) is 5.75 Å². The summed E-state index contributed by atoms with van der Waals surface area (Å²) in [6.07, 6.45) is 2.81. The van der Waals surface area contributed by atoms with Crippen LogP contribution in [0.25, 0.3) is 21.7 Å². The van der Waals surface area contributed by atoms with Gasteiger partial charge in [-0.25, -0.2) is 4.79 Å². The summed E-state index contributed by atoms with van der Waals surface area (Å²) in [5, 5.41) is 13.7. The predicted octanol–water partition coefficient (Wildman–Crippen LogP) is 3.14. The molecule has 7 nitrogen and oxygen atoms in total. The van der Waals surface area contributed by atoms with Crippen molar-refractivity contribution in [1.29, 1.82) is 0 Å². The Balaban J connectivity index is 1.86. The molecule has 3 rings (SSSR count). The molecule has 3 N–H and O–H groups in total. The second-order valence-electron chi connectivity index (χ2n) is 6.67. The van der Waals surface area contributed by atoms with Crippen LogP contribution in [0.4, 0.5) is 4.79 Å². The van der Waals surface area contributed by atoms with Gasteiger partial charge >= 0.3 is 6.09 Å². The molecule has 7 heteroatoms. The van der Waals surface area contributed by atoms with Crippen LogP contribution in [0.1, 0.15) is 20.3 Å². The van der Waals surface area contributed by atoms with E-state index in [0.717, 1.165) is 10.8 Å². The number of ether oxygens (including phenoxy) is 1. The minimum atomic E-state index is -1.07. The molecule has 0 radical (unpaired) electrons. The van der Waals surface area contributed by atoms with E-state index >= 15 is 0 Å². The van der Waals surface area contributed by atoms with Gasteiger partial charge in [0.2, 0.25) is 0 Å². The van der Waals surface area contributed by atoms with Crippen LogP contribution in [0.15, 0.2) is 41.5 Å². The van der Waals surface area contributed by atoms with E-state index < -0.39 is 6.09 Å². The first-order chi connectivity index (χ1) is 12.4. The lowest BCUT2D eigenvalue weighted by Crippen LogP contribution is -2.39. The third kappa shape index (κ3) is 3.93. The number of carboxylic acid groups (broad SMARTS) is 1. The Morgan fingerprint density at radius 3 is 2.81 bits per heavy atom. The summed E-state index contributed by atoms with van der Waals surface area (Å²) in [6.45, 7) is 4.27. The summed E-state index contributed by atoms with van der Waals surface area (Å²) < 4.78 is 5.77. The zero-order chi connectivity index (χ0) is 18.7. The summed E-state index contributed by atoms with van der Waals surface area (Å²) in [5.41, 5.74) is 0.459. The average molecular weight is 355 g/mol. The first-order valence-electron chi connectivity index (χ1n) is 8.46. The Hall–Kier alpha value is -3.09. The van der Waals surface area contributed by atoms with Crippen molar-refractivity contribution >= 4 is 27.8 Å². The second kappa shape index (κ2) is 7.43. The van der Waals surface area contributed by atoms with Crippen molar-refractivity contribution in [1.82, 2.24) is 15.3 Å². The van der Waals surface area contributed by atoms with Gasteiger partial charge in [-0.2, -0.15) is 0 Å². The molecule has 0 aliphatic rings. The zero-order valence-corrected chi connectivity index (χ0v) is 14.7. The number of nitrogens with one attached hydrogen (secondary N) is 2. The van der Waals surface area contributed by atoms with Gasteiger partial charge in [0.15, 0.2) is 0 Å². The topological polar surface area (TPSA) is 104 Å². The van der Waals surface area contributed by atoms with Crippen molar-refractivity contribution in [3.63, 3.8) is 0 Å². The number of fused-ring (bicyclic) bond motifs is 3. The van der Waals surface area contributed by atoms with E-state index in [1.165, 1.54) is 0 Å². The molecule has 26 heavy (non-hydrogen) atoms. The lowest BCUT2D eigenvalue weighted by Gasteiger charge is -2.19. The highest BCUT2D eigenvalue weighted by molar-refractivity contribution is 6.05. The molecule has 0 aliphatic heterocycles. The number of H-pyrrole nitrogens is 1. The fourth-order valence-corrected chi connectivity index (χ4v) is 3.06. The normalized spacial score (nSPS) is 12.4. The van der Waals surface area contributed by atoms with Crippen LogP contribution in [0.5, 0.6) is 5.75 Å². The zero-order valence-electron chi connectivity index (χ0n) is 14.7. The summed E-state index contributed by atoms with van der Waals surface area (Å²) in [6, 6.07) is 6.95. The van der Waals surface area contributed by atoms with Crippen molar-refractivity contribution in [2.75, 3.05) is 6.61 Å². The highest BCUT2D eigenvalue weighted by Crippen LogP contribution is 2.24. The van der Waals surface area contributed by atoms with Gasteiger partial charge in [0.1, 0.15) is 12.4 Å². The van der Waals surface area contributed by atoms with Gasteiger partial charge in [-0.3, -0.25) is 9.78 Å². The van der Waals surface area contributed by atoms with Gasteiger partial charge in [0.05, 0.1) is 16.9 Å². The van der Waals surface area contributed by atoms with Gasteiger partial charge < -0.3 is 20.1 Å². The molecule has 0 saturated heterocycles. The number of benzene rings is 1. The van der Waals surface area contributed by atoms with Crippen molar-refractivity contribution in [3.05, 3.63) is 47.0 Å². The monoisotopic (exact) mass is 355 g/mol. The minimum absolute atomic E-state index is 0.206. The Bertz CT molecular complexity index is 997. The predicted molar refractivity (Wildman–Crippen MR) is 99.8 cm³/mol. The molecule has 1 atom stereocenters. The summed E-state index contributed by atoms with van der Waals surface area (Å²) >= 11 is 0. The molecule has 136 valence electrons. The maximum Gasteiger partial charge on any atom is 0.404 e. The molecule has 0 spiro atoms. The molecule has 1 aromatic carbocycles. The number of hydrogen-bond donors (Lipinski definition) is 3. The first kappa shape index (κ1) is 17.7. The van der Waals surface area contributed by atoms with Crippen molar-refractivity contribution in [2.45, 2.75) is 26.3 Å². The minimum Gasteiger partial charge on any atom is -0.491 e. The first-order valence-corrected chi connectivity index (χ1v) is 8.46. The number of aromatic nitrogens is 2. The standard InChI is InChI=1S/C19H21N3O4/c1-11(2)7-12(21-19(24)25)10-26-13-3-4-15-14-5-6-20-9-16(14)18(23)22-17(15)8-13/h3-6,8-9,11-12,21H,7,10H2,1-2H3,(H,22,23)(H,24,25). The SMILES string of the molecule is CC(C)CC(COc1ccc2c(c1)[nH]c(=O)c1cnccc12)NC(=O)O. The molecule has 2 heterocycles. The summed E-state index contributed by atoms with van der Waals surface area (Å²) in [5.74, 6) is 0.908. The van der Waals surface area contributed by atoms with Crippen LogP contribution in [-0.2, 0) is 0 Å². The van der Waals surface area contributed by atoms with Crippen molar-refractivity contribution in [2.24, 2.45) is 5.92 Å². The van der Waals surface area contributed by atoms with E-state index in [9.17, 15) is 9.59 Å². The summed E-state index contributed by atoms with van der Waals surface area (Å²) in [4.78, 5) is 30.0. The Morgan fingerprint density at radius 2 is 2.08 bits per heavy atom. The van der Waals surface area contributed by atoms with Gasteiger partial charge in [-0.05, 0) is 35.9 Å². The summed E-state index contributed by atoms with van der Waals surface area (Å²) in [7, 11) is 0. The quantitative estimate of drug-likeness (QED) is 0.589. The lowest BCUT2D eigenvalue weighted by atomic mass is 10.0. The van der Waals surface area contributed by atoms with E-state index in [1.54, 1.807) is 18.5 Å². The Kier molecular flexibility index (Phi) is 5.06. The largest absolute Gasteiger partial charge is 0.491 e. The maximum absolute atomic E-state index is 12.2. The second-order valence-corrected chi connectivity index (χ2v) is 6.67. The van der Waals surface area contributed by atoms with E-state index in [4.69, 9.17) is 9.84 Å². The van der Waals surface area contributed by atoms with Crippen LogP contribution in [-0.4, -0.2) is 33.8 Å². The highest BCUT2D eigenvalue weighted by atomic mass is 16.5. The van der Waals surface area contributed by atoms with E-state index in [0.29, 0.717) is 29.0 Å². The molecule has 2 aromatic heterocycles. The van der Waals surface area contributed by atoms with Gasteiger partial charge in [0, 0.05) is 23.8 Å². The van der Waals surface area contributed by atoms with Gasteiger partial charge in [-0.15, -0.1) is 0 Å². The maximum atomic E-state index is 12.2. The number of amides is 1. The Labute approximate surface area is 150 Å². The van der Waals surface area contributed by atoms with Crippen molar-refractivity contribution < 1.29 is 14.6 Å². The molecular weight excluding hydrogens is 334 g/mol. The highest BCUT2D eigenvalue weighted by Gasteiger charge is 2.14. The molecule has 1 unspecified atom stereocenters. The fourth-order valence-electron chi connectivity index (χ4n) is 3.06. The molecule has 0 saturated carbocycles. The van der Waals surface area contributed by atoms with Gasteiger partial charge in [0.25, 0.3) is 5.56 Å². The molecule has 0 fully saturated rings. The molecule has 3 aromatic rings. The number of carbonyl (C=O) groups is 1. The third-order valence-electron chi connectivity index (χ3n) is 4.13. The number of rotatable bonds is 6. The van der Waals surface area contributed by atoms with Crippen LogP contribution in [0.2, 0.25) is 0 Å². The number of nitrogens with zero attached hydrogens (tertiary/aromatic N) is 1. The van der Waals surface area contributed by atoms with E-state index in [-0.39, 0.29) is 18.2 Å². The fraction of sp³-hybridized carbons (Fsp3) is 0.316. The molecule has 0 bridgehead atoms. The van der Waals surface area contributed by atoms with Crippen LogP contribution >= 0.6 is 0 Å². The third-order valence-corrected chi connectivity index (χ3v) is 4.13. The van der Waals surface area contributed by atoms with Gasteiger partial charge in [-0.1, -0.05) is 13.8 Å². The number of aromatic amines is 1. The number of pyridine rings is 2. The van der Waals surface area contributed by atoms with Crippen LogP contribution in [0, 0.1) is 5.92 Å². The molecule has 0 aliphatic carbocycles. The molecule has 1 amide bonds. The van der Waals surface area contributed by atoms with Crippen LogP contribution < -0.4 is 15.6 Å². The lowest BCUT2D eigenvalue weighted by molar-refractivity contribution is 0.176. The molecular formula is C19H21N3O4. The average Bonchev–Trinajstić information content (AvgIpc) is 2.59. The van der Waals surface area contributed by atoms with E-state index in [2.05, 4.69) is 15.3 Å². The smallest absolute Gasteiger partial charge is 0.404 e. The van der Waals surface area contributed by atoms with Crippen LogP contribution in [0.3, 0.4) is 0 Å². The number of hydrogen-bond acceptors (Lipinski definition) is 4. The Morgan fingerprint density at radius 1 is 1.27 bits per heavy atom.